The number of fused-ring (bicyclic) bond motifs is 3. The van der Waals surface area contributed by atoms with E-state index in [0.29, 0.717) is 23.8 Å². The molecule has 0 N–H and O–H groups in total. The number of aryl methyl sites for hydroxylation is 1. The Morgan fingerprint density at radius 2 is 1.89 bits per heavy atom. The fourth-order valence-corrected chi connectivity index (χ4v) is 5.31. The van der Waals surface area contributed by atoms with Crippen molar-refractivity contribution in [2.45, 2.75) is 33.4 Å². The summed E-state index contributed by atoms with van der Waals surface area (Å²) in [6, 6.07) is 18.4. The zero-order valence-corrected chi connectivity index (χ0v) is 21.4. The average molecular weight is 495 g/mol. The van der Waals surface area contributed by atoms with Crippen LogP contribution in [0.4, 0.5) is 0 Å². The summed E-state index contributed by atoms with van der Waals surface area (Å²) in [5, 5.41) is 1.11. The summed E-state index contributed by atoms with van der Waals surface area (Å²) in [6.45, 7) is 7.05. The summed E-state index contributed by atoms with van der Waals surface area (Å²) in [5.41, 5.74) is 5.90. The lowest BCUT2D eigenvalue weighted by Gasteiger charge is -2.30. The van der Waals surface area contributed by atoms with Gasteiger partial charge in [0, 0.05) is 53.4 Å². The molecule has 0 atom stereocenters. The maximum absolute atomic E-state index is 13.4. The summed E-state index contributed by atoms with van der Waals surface area (Å²) in [5.74, 6) is 2.58. The van der Waals surface area contributed by atoms with Gasteiger partial charge in [-0.05, 0) is 56.2 Å². The monoisotopic (exact) mass is 494 g/mol. The van der Waals surface area contributed by atoms with Gasteiger partial charge in [0.05, 0.1) is 12.7 Å². The van der Waals surface area contributed by atoms with Crippen LogP contribution in [0.15, 0.2) is 66.6 Å². The number of hydrogen-bond donors (Lipinski definition) is 0. The minimum absolute atomic E-state index is 0.0791. The SMILES string of the molecule is CCn1cc(/C=C2\Oc3c(cc4c(c3C)OCN(CCc3ccc(OC)cc3)C4)C2=O)c2ccccc21. The van der Waals surface area contributed by atoms with Crippen molar-refractivity contribution in [2.75, 3.05) is 20.4 Å². The fraction of sp³-hybridized carbons (Fsp3) is 0.258. The highest BCUT2D eigenvalue weighted by Crippen LogP contribution is 2.43. The molecule has 6 heteroatoms. The van der Waals surface area contributed by atoms with Crippen molar-refractivity contribution in [2.24, 2.45) is 0 Å². The zero-order chi connectivity index (χ0) is 25.5. The van der Waals surface area contributed by atoms with Gasteiger partial charge in [0.2, 0.25) is 5.78 Å². The van der Waals surface area contributed by atoms with E-state index in [1.165, 1.54) is 5.56 Å². The number of Topliss-reactive ketones (excluding diaryl/α,β-unsaturated/α-hetero) is 1. The van der Waals surface area contributed by atoms with E-state index < -0.39 is 0 Å². The van der Waals surface area contributed by atoms with Crippen molar-refractivity contribution < 1.29 is 19.0 Å². The van der Waals surface area contributed by atoms with E-state index in [1.807, 2.05) is 43.3 Å². The Labute approximate surface area is 216 Å². The van der Waals surface area contributed by atoms with Crippen molar-refractivity contribution >= 4 is 22.8 Å². The fourth-order valence-electron chi connectivity index (χ4n) is 5.31. The molecule has 0 aliphatic carbocycles. The molecule has 0 saturated carbocycles. The molecule has 6 nitrogen and oxygen atoms in total. The number of aromatic nitrogens is 1. The number of methoxy groups -OCH3 is 1. The number of nitrogens with zero attached hydrogens (tertiary/aromatic N) is 2. The third-order valence-electron chi connectivity index (χ3n) is 7.32. The van der Waals surface area contributed by atoms with Crippen LogP contribution in [-0.4, -0.2) is 35.6 Å². The molecule has 0 radical (unpaired) electrons. The van der Waals surface area contributed by atoms with Gasteiger partial charge in [0.15, 0.2) is 5.76 Å². The largest absolute Gasteiger partial charge is 0.497 e. The minimum Gasteiger partial charge on any atom is -0.497 e. The van der Waals surface area contributed by atoms with E-state index in [-0.39, 0.29) is 5.78 Å². The predicted octanol–water partition coefficient (Wildman–Crippen LogP) is 5.99. The molecule has 2 aliphatic rings. The van der Waals surface area contributed by atoms with Gasteiger partial charge in [0.25, 0.3) is 0 Å². The summed E-state index contributed by atoms with van der Waals surface area (Å²) >= 11 is 0. The van der Waals surface area contributed by atoms with Gasteiger partial charge in [-0.25, -0.2) is 0 Å². The van der Waals surface area contributed by atoms with Gasteiger partial charge in [-0.2, -0.15) is 0 Å². The van der Waals surface area contributed by atoms with Gasteiger partial charge in [0.1, 0.15) is 24.0 Å². The van der Waals surface area contributed by atoms with Crippen molar-refractivity contribution in [1.29, 1.82) is 0 Å². The normalized spacial score (nSPS) is 16.0. The first kappa shape index (κ1) is 23.4. The van der Waals surface area contributed by atoms with E-state index in [2.05, 4.69) is 46.9 Å². The predicted molar refractivity (Wildman–Crippen MR) is 144 cm³/mol. The summed E-state index contributed by atoms with van der Waals surface area (Å²) in [6.07, 6.45) is 4.86. The molecule has 3 aromatic carbocycles. The Morgan fingerprint density at radius 3 is 2.68 bits per heavy atom. The van der Waals surface area contributed by atoms with E-state index >= 15 is 0 Å². The van der Waals surface area contributed by atoms with Crippen molar-refractivity contribution in [3.05, 3.63) is 94.4 Å². The quantitative estimate of drug-likeness (QED) is 0.308. The standard InChI is InChI=1S/C31H30N2O4/c1-4-33-18-22(25-7-5-6-8-27(25)33)16-28-29(34)26-15-23-17-32(19-36-30(23)20(2)31(26)37-28)14-13-21-9-11-24(35-3)12-10-21/h5-12,15-16,18H,4,13-14,17,19H2,1-3H3/b28-16-. The van der Waals surface area contributed by atoms with Crippen LogP contribution in [-0.2, 0) is 19.5 Å². The van der Waals surface area contributed by atoms with E-state index in [0.717, 1.165) is 65.1 Å². The lowest BCUT2D eigenvalue weighted by molar-refractivity contribution is 0.0954. The maximum atomic E-state index is 13.4. The number of allylic oxidation sites excluding steroid dienone is 1. The molecule has 4 aromatic rings. The Balaban J connectivity index is 1.24. The Hall–Kier alpha value is -4.03. The van der Waals surface area contributed by atoms with Crippen LogP contribution >= 0.6 is 0 Å². The van der Waals surface area contributed by atoms with Crippen molar-refractivity contribution in [3.63, 3.8) is 0 Å². The minimum atomic E-state index is -0.0791. The van der Waals surface area contributed by atoms with Crippen LogP contribution in [0, 0.1) is 6.92 Å². The Bertz CT molecular complexity index is 1530. The van der Waals surface area contributed by atoms with Crippen LogP contribution in [0.25, 0.3) is 17.0 Å². The van der Waals surface area contributed by atoms with Gasteiger partial charge < -0.3 is 18.8 Å². The first-order chi connectivity index (χ1) is 18.1. The van der Waals surface area contributed by atoms with Gasteiger partial charge in [-0.3, -0.25) is 9.69 Å². The smallest absolute Gasteiger partial charge is 0.231 e. The molecule has 0 fully saturated rings. The Morgan fingerprint density at radius 1 is 1.08 bits per heavy atom. The second-order valence-corrected chi connectivity index (χ2v) is 9.62. The Kier molecular flexibility index (Phi) is 5.97. The molecule has 0 spiro atoms. The molecule has 0 unspecified atom stereocenters. The number of para-hydroxylation sites is 1. The summed E-state index contributed by atoms with van der Waals surface area (Å²) < 4.78 is 19.8. The van der Waals surface area contributed by atoms with Crippen molar-refractivity contribution in [1.82, 2.24) is 9.47 Å². The molecule has 0 saturated heterocycles. The van der Waals surface area contributed by atoms with Gasteiger partial charge in [-0.1, -0.05) is 30.3 Å². The number of hydrogen-bond acceptors (Lipinski definition) is 5. The number of ketones is 1. The first-order valence-corrected chi connectivity index (χ1v) is 12.7. The number of carbonyl (C=O) groups excluding carboxylic acids is 1. The molecule has 1 aromatic heterocycles. The summed E-state index contributed by atoms with van der Waals surface area (Å²) in [4.78, 5) is 15.7. The number of carbonyl (C=O) groups is 1. The van der Waals surface area contributed by atoms with Crippen LogP contribution in [0.5, 0.6) is 17.2 Å². The summed E-state index contributed by atoms with van der Waals surface area (Å²) in [7, 11) is 1.68. The van der Waals surface area contributed by atoms with E-state index in [1.54, 1.807) is 7.11 Å². The lowest BCUT2D eigenvalue weighted by atomic mass is 9.99. The highest BCUT2D eigenvalue weighted by molar-refractivity contribution is 6.15. The molecule has 188 valence electrons. The number of benzene rings is 3. The molecule has 0 amide bonds. The maximum Gasteiger partial charge on any atom is 0.231 e. The molecule has 6 rings (SSSR count). The molecule has 2 aliphatic heterocycles. The van der Waals surface area contributed by atoms with Crippen LogP contribution in [0.3, 0.4) is 0 Å². The third kappa shape index (κ3) is 4.17. The third-order valence-corrected chi connectivity index (χ3v) is 7.32. The van der Waals surface area contributed by atoms with Gasteiger partial charge >= 0.3 is 0 Å². The van der Waals surface area contributed by atoms with Crippen LogP contribution in [0.1, 0.15) is 39.5 Å². The highest BCUT2D eigenvalue weighted by atomic mass is 16.5. The second-order valence-electron chi connectivity index (χ2n) is 9.62. The van der Waals surface area contributed by atoms with Gasteiger partial charge in [-0.15, -0.1) is 0 Å². The second kappa shape index (κ2) is 9.45. The molecular formula is C31H30N2O4. The van der Waals surface area contributed by atoms with Crippen LogP contribution in [0.2, 0.25) is 0 Å². The first-order valence-electron chi connectivity index (χ1n) is 12.7. The molecule has 37 heavy (non-hydrogen) atoms. The van der Waals surface area contributed by atoms with E-state index in [9.17, 15) is 4.79 Å². The van der Waals surface area contributed by atoms with Crippen molar-refractivity contribution in [3.8, 4) is 17.2 Å². The molecular weight excluding hydrogens is 464 g/mol. The van der Waals surface area contributed by atoms with Crippen LogP contribution < -0.4 is 14.2 Å². The van der Waals surface area contributed by atoms with E-state index in [4.69, 9.17) is 14.2 Å². The molecule has 0 bridgehead atoms. The zero-order valence-electron chi connectivity index (χ0n) is 21.4. The number of rotatable bonds is 6. The average Bonchev–Trinajstić information content (AvgIpc) is 3.45. The molecule has 3 heterocycles. The topological polar surface area (TPSA) is 52.9 Å². The number of ether oxygens (including phenoxy) is 3. The highest BCUT2D eigenvalue weighted by Gasteiger charge is 2.33. The lowest BCUT2D eigenvalue weighted by Crippen LogP contribution is -2.34.